The van der Waals surface area contributed by atoms with Crippen LogP contribution >= 0.6 is 0 Å². The number of likely N-dealkylation sites (N-methyl/N-ethyl adjacent to an activating group) is 1. The van der Waals surface area contributed by atoms with Crippen molar-refractivity contribution in [1.82, 2.24) is 9.80 Å². The van der Waals surface area contributed by atoms with Crippen LogP contribution < -0.4 is 10.8 Å². The number of benzene rings is 2. The largest absolute Gasteiger partial charge is 0.495 e. The smallest absolute Gasteiger partial charge is 0.399 e. The molecule has 2 aliphatic heterocycles. The number of rotatable bonds is 6. The maximum absolute atomic E-state index is 13.7. The van der Waals surface area contributed by atoms with E-state index in [1.807, 2.05) is 34.6 Å². The van der Waals surface area contributed by atoms with Gasteiger partial charge in [0.1, 0.15) is 0 Å². The number of halogens is 3. The van der Waals surface area contributed by atoms with E-state index in [2.05, 4.69) is 22.0 Å². The summed E-state index contributed by atoms with van der Waals surface area (Å²) in [4.78, 5) is 17.6. The van der Waals surface area contributed by atoms with Crippen molar-refractivity contribution in [2.45, 2.75) is 65.5 Å². The van der Waals surface area contributed by atoms with Crippen molar-refractivity contribution in [2.75, 3.05) is 38.0 Å². The summed E-state index contributed by atoms with van der Waals surface area (Å²) < 4.78 is 53.5. The fourth-order valence-corrected chi connectivity index (χ4v) is 4.75. The van der Waals surface area contributed by atoms with Gasteiger partial charge in [-0.05, 0) is 82.5 Å². The van der Waals surface area contributed by atoms with Crippen LogP contribution in [0.25, 0.3) is 0 Å². The van der Waals surface area contributed by atoms with Crippen LogP contribution in [0.3, 0.4) is 0 Å². The molecule has 0 aromatic heterocycles. The lowest BCUT2D eigenvalue weighted by Gasteiger charge is -2.34. The van der Waals surface area contributed by atoms with E-state index in [4.69, 9.17) is 9.31 Å². The molecule has 2 aromatic carbocycles. The summed E-state index contributed by atoms with van der Waals surface area (Å²) >= 11 is 0. The molecule has 0 saturated carbocycles. The molecular formula is C28H37BF3N3O3. The number of hydrogen-bond acceptors (Lipinski definition) is 5. The number of carbonyl (C=O) groups is 1. The Morgan fingerprint density at radius 3 is 2.16 bits per heavy atom. The molecule has 2 aromatic rings. The van der Waals surface area contributed by atoms with E-state index < -0.39 is 36.0 Å². The summed E-state index contributed by atoms with van der Waals surface area (Å²) in [6, 6.07) is 8.92. The van der Waals surface area contributed by atoms with Gasteiger partial charge in [-0.15, -0.1) is 0 Å². The summed E-state index contributed by atoms with van der Waals surface area (Å²) in [5, 5.41) is 2.69. The number of carbonyl (C=O) groups excluding carboxylic acids is 1. The molecular weight excluding hydrogens is 494 g/mol. The van der Waals surface area contributed by atoms with Crippen LogP contribution in [0.2, 0.25) is 0 Å². The zero-order chi connectivity index (χ0) is 27.9. The van der Waals surface area contributed by atoms with Crippen LogP contribution in [0, 0.1) is 6.92 Å². The first kappa shape index (κ1) is 28.6. The molecule has 2 aliphatic rings. The highest BCUT2D eigenvalue weighted by Crippen LogP contribution is 2.37. The number of piperazine rings is 1. The van der Waals surface area contributed by atoms with E-state index in [0.29, 0.717) is 23.1 Å². The monoisotopic (exact) mass is 531 g/mol. The van der Waals surface area contributed by atoms with E-state index in [9.17, 15) is 18.0 Å². The molecule has 0 atom stereocenters. The quantitative estimate of drug-likeness (QED) is 0.548. The lowest BCUT2D eigenvalue weighted by atomic mass is 9.75. The number of hydrogen-bond donors (Lipinski definition) is 1. The van der Waals surface area contributed by atoms with Gasteiger partial charge in [0.25, 0.3) is 5.91 Å². The molecule has 38 heavy (non-hydrogen) atoms. The molecule has 0 unspecified atom stereocenters. The summed E-state index contributed by atoms with van der Waals surface area (Å²) in [6.07, 6.45) is -4.52. The van der Waals surface area contributed by atoms with E-state index >= 15 is 0 Å². The Balaban J connectivity index is 1.55. The van der Waals surface area contributed by atoms with Gasteiger partial charge in [0.15, 0.2) is 0 Å². The van der Waals surface area contributed by atoms with Crippen molar-refractivity contribution in [3.8, 4) is 0 Å². The molecule has 0 aliphatic carbocycles. The van der Waals surface area contributed by atoms with Gasteiger partial charge in [-0.2, -0.15) is 13.2 Å². The second-order valence-corrected chi connectivity index (χ2v) is 11.2. The Morgan fingerprint density at radius 1 is 0.974 bits per heavy atom. The average Bonchev–Trinajstić information content (AvgIpc) is 3.05. The molecule has 0 bridgehead atoms. The first-order valence-electron chi connectivity index (χ1n) is 13.1. The van der Waals surface area contributed by atoms with E-state index in [-0.39, 0.29) is 5.69 Å². The minimum Gasteiger partial charge on any atom is -0.399 e. The third kappa shape index (κ3) is 6.25. The van der Waals surface area contributed by atoms with E-state index in [0.717, 1.165) is 44.4 Å². The Morgan fingerprint density at radius 2 is 1.58 bits per heavy atom. The van der Waals surface area contributed by atoms with Gasteiger partial charge in [0.2, 0.25) is 0 Å². The third-order valence-electron chi connectivity index (χ3n) is 7.94. The van der Waals surface area contributed by atoms with Gasteiger partial charge in [-0.1, -0.05) is 18.6 Å². The maximum atomic E-state index is 13.7. The topological polar surface area (TPSA) is 54.0 Å². The number of nitrogens with one attached hydrogen (secondary N) is 1. The number of anilines is 1. The molecule has 4 rings (SSSR count). The highest BCUT2D eigenvalue weighted by molar-refractivity contribution is 6.62. The van der Waals surface area contributed by atoms with Crippen LogP contribution in [0.15, 0.2) is 36.4 Å². The molecule has 2 heterocycles. The van der Waals surface area contributed by atoms with E-state index in [1.165, 1.54) is 6.07 Å². The fraction of sp³-hybridized carbons (Fsp3) is 0.536. The predicted molar refractivity (Wildman–Crippen MR) is 144 cm³/mol. The van der Waals surface area contributed by atoms with Gasteiger partial charge in [-0.3, -0.25) is 9.69 Å². The number of aryl methyl sites for hydroxylation is 1. The van der Waals surface area contributed by atoms with Crippen LogP contribution in [0.1, 0.15) is 61.7 Å². The molecule has 0 spiro atoms. The highest BCUT2D eigenvalue weighted by atomic mass is 19.4. The molecule has 2 saturated heterocycles. The van der Waals surface area contributed by atoms with Crippen LogP contribution in [0.4, 0.5) is 18.9 Å². The minimum absolute atomic E-state index is 0.116. The SMILES string of the molecule is CCN1CCN(Cc2cc(NC(=O)c3ccc(C)c(B4OC(C)(C)C(C)(C)O4)c3)cc(C(F)(F)F)c2)CC1. The van der Waals surface area contributed by atoms with Crippen LogP contribution in [-0.4, -0.2) is 66.8 Å². The first-order valence-corrected chi connectivity index (χ1v) is 13.1. The van der Waals surface area contributed by atoms with E-state index in [1.54, 1.807) is 24.3 Å². The summed E-state index contributed by atoms with van der Waals surface area (Å²) in [5.41, 5.74) is 0.692. The number of nitrogens with zero attached hydrogens (tertiary/aromatic N) is 2. The Hall–Kier alpha value is -2.40. The molecule has 6 nitrogen and oxygen atoms in total. The number of alkyl halides is 3. The van der Waals surface area contributed by atoms with Crippen molar-refractivity contribution >= 4 is 24.2 Å². The normalized spacial score (nSPS) is 20.1. The second kappa shape index (κ2) is 10.6. The summed E-state index contributed by atoms with van der Waals surface area (Å²) in [7, 11) is -0.652. The van der Waals surface area contributed by atoms with Gasteiger partial charge >= 0.3 is 13.3 Å². The van der Waals surface area contributed by atoms with Crippen LogP contribution in [0.5, 0.6) is 0 Å². The van der Waals surface area contributed by atoms with Crippen molar-refractivity contribution < 1.29 is 27.3 Å². The highest BCUT2D eigenvalue weighted by Gasteiger charge is 2.52. The zero-order valence-electron chi connectivity index (χ0n) is 23.0. The second-order valence-electron chi connectivity index (χ2n) is 11.2. The lowest BCUT2D eigenvalue weighted by Crippen LogP contribution is -2.45. The molecule has 0 radical (unpaired) electrons. The van der Waals surface area contributed by atoms with Crippen LogP contribution in [-0.2, 0) is 22.0 Å². The summed E-state index contributed by atoms with van der Waals surface area (Å²) in [5.74, 6) is -0.496. The Labute approximate surface area is 223 Å². The third-order valence-corrected chi connectivity index (χ3v) is 7.94. The minimum atomic E-state index is -4.52. The molecule has 1 N–H and O–H groups in total. The zero-order valence-corrected chi connectivity index (χ0v) is 23.0. The van der Waals surface area contributed by atoms with Crippen molar-refractivity contribution in [3.05, 3.63) is 58.7 Å². The Kier molecular flexibility index (Phi) is 8.01. The van der Waals surface area contributed by atoms with Gasteiger partial charge < -0.3 is 19.5 Å². The molecule has 10 heteroatoms. The Bertz CT molecular complexity index is 1160. The predicted octanol–water partition coefficient (Wildman–Crippen LogP) is 4.70. The van der Waals surface area contributed by atoms with Gasteiger partial charge in [0, 0.05) is 44.0 Å². The first-order chi connectivity index (χ1) is 17.7. The maximum Gasteiger partial charge on any atom is 0.495 e. The van der Waals surface area contributed by atoms with Crippen molar-refractivity contribution in [2.24, 2.45) is 0 Å². The number of amides is 1. The standard InChI is InChI=1S/C28H37BF3N3O3/c1-7-34-10-12-35(13-11-34)18-20-14-22(28(30,31)32)17-23(15-20)33-25(36)21-9-8-19(2)24(16-21)29-37-26(3,4)27(5,6)38-29/h8-9,14-17H,7,10-13,18H2,1-6H3,(H,33,36). The molecule has 206 valence electrons. The average molecular weight is 531 g/mol. The van der Waals surface area contributed by atoms with Crippen molar-refractivity contribution in [1.29, 1.82) is 0 Å². The van der Waals surface area contributed by atoms with Gasteiger partial charge in [0.05, 0.1) is 16.8 Å². The molecule has 1 amide bonds. The van der Waals surface area contributed by atoms with Crippen molar-refractivity contribution in [3.63, 3.8) is 0 Å². The fourth-order valence-electron chi connectivity index (χ4n) is 4.75. The molecule has 2 fully saturated rings. The van der Waals surface area contributed by atoms with Gasteiger partial charge in [-0.25, -0.2) is 0 Å². The lowest BCUT2D eigenvalue weighted by molar-refractivity contribution is -0.137. The summed E-state index contributed by atoms with van der Waals surface area (Å²) in [6.45, 7) is 16.5.